The molecular formula is C16H19NO3. The Kier molecular flexibility index (Phi) is 5.26. The Morgan fingerprint density at radius 3 is 2.55 bits per heavy atom. The van der Waals surface area contributed by atoms with Crippen LogP contribution in [-0.2, 0) is 6.54 Å². The van der Waals surface area contributed by atoms with Gasteiger partial charge in [-0.2, -0.15) is 0 Å². The van der Waals surface area contributed by atoms with Crippen LogP contribution in [0.2, 0.25) is 0 Å². The molecule has 0 spiro atoms. The van der Waals surface area contributed by atoms with Crippen molar-refractivity contribution in [3.05, 3.63) is 54.1 Å². The second kappa shape index (κ2) is 7.40. The molecule has 0 aromatic heterocycles. The summed E-state index contributed by atoms with van der Waals surface area (Å²) in [7, 11) is 0. The fourth-order valence-corrected chi connectivity index (χ4v) is 1.83. The van der Waals surface area contributed by atoms with Gasteiger partial charge in [0.15, 0.2) is 0 Å². The van der Waals surface area contributed by atoms with Crippen molar-refractivity contribution in [3.63, 3.8) is 0 Å². The van der Waals surface area contributed by atoms with Gasteiger partial charge in [-0.25, -0.2) is 0 Å². The highest BCUT2D eigenvalue weighted by Gasteiger charge is 2.01. The van der Waals surface area contributed by atoms with Gasteiger partial charge in [0.1, 0.15) is 17.2 Å². The molecule has 2 aromatic carbocycles. The smallest absolute Gasteiger partial charge is 0.123 e. The van der Waals surface area contributed by atoms with E-state index in [9.17, 15) is 10.2 Å². The molecule has 0 aliphatic heterocycles. The molecule has 106 valence electrons. The zero-order valence-corrected chi connectivity index (χ0v) is 11.2. The summed E-state index contributed by atoms with van der Waals surface area (Å²) in [4.78, 5) is 0. The predicted molar refractivity (Wildman–Crippen MR) is 78.0 cm³/mol. The highest BCUT2D eigenvalue weighted by molar-refractivity contribution is 5.38. The summed E-state index contributed by atoms with van der Waals surface area (Å²) in [6.07, 6.45) is 0.883. The van der Waals surface area contributed by atoms with Gasteiger partial charge in [-0.15, -0.1) is 0 Å². The molecule has 2 rings (SSSR count). The van der Waals surface area contributed by atoms with Crippen molar-refractivity contribution in [2.24, 2.45) is 0 Å². The number of hydrogen-bond donors (Lipinski definition) is 3. The van der Waals surface area contributed by atoms with Crippen LogP contribution in [0.1, 0.15) is 12.0 Å². The molecule has 0 saturated heterocycles. The first-order valence-corrected chi connectivity index (χ1v) is 6.65. The summed E-state index contributed by atoms with van der Waals surface area (Å²) in [5.41, 5.74) is 0.770. The molecule has 0 radical (unpaired) electrons. The van der Waals surface area contributed by atoms with E-state index in [1.807, 2.05) is 30.3 Å². The average molecular weight is 273 g/mol. The van der Waals surface area contributed by atoms with Crippen molar-refractivity contribution in [3.8, 4) is 17.2 Å². The second-order valence-electron chi connectivity index (χ2n) is 4.50. The fraction of sp³-hybridized carbons (Fsp3) is 0.250. The maximum atomic E-state index is 9.62. The molecule has 4 heteroatoms. The van der Waals surface area contributed by atoms with Crippen molar-refractivity contribution in [2.75, 3.05) is 13.2 Å². The summed E-state index contributed by atoms with van der Waals surface area (Å²) in [5, 5.41) is 22.0. The van der Waals surface area contributed by atoms with Crippen molar-refractivity contribution in [2.45, 2.75) is 13.0 Å². The Labute approximate surface area is 118 Å². The average Bonchev–Trinajstić information content (AvgIpc) is 2.46. The molecule has 2 aromatic rings. The molecule has 4 nitrogen and oxygen atoms in total. The van der Waals surface area contributed by atoms with E-state index in [4.69, 9.17) is 4.74 Å². The van der Waals surface area contributed by atoms with Crippen LogP contribution in [0.25, 0.3) is 0 Å². The number of phenols is 2. The van der Waals surface area contributed by atoms with Crippen molar-refractivity contribution in [1.29, 1.82) is 0 Å². The van der Waals surface area contributed by atoms with Crippen LogP contribution in [0.4, 0.5) is 0 Å². The van der Waals surface area contributed by atoms with E-state index in [0.29, 0.717) is 13.2 Å². The molecule has 0 atom stereocenters. The first-order valence-electron chi connectivity index (χ1n) is 6.65. The van der Waals surface area contributed by atoms with Crippen LogP contribution >= 0.6 is 0 Å². The van der Waals surface area contributed by atoms with E-state index >= 15 is 0 Å². The summed E-state index contributed by atoms with van der Waals surface area (Å²) < 4.78 is 5.58. The van der Waals surface area contributed by atoms with Gasteiger partial charge >= 0.3 is 0 Å². The fourth-order valence-electron chi connectivity index (χ4n) is 1.83. The molecule has 0 heterocycles. The zero-order chi connectivity index (χ0) is 14.2. The molecular weight excluding hydrogens is 254 g/mol. The van der Waals surface area contributed by atoms with Gasteiger partial charge < -0.3 is 20.3 Å². The van der Waals surface area contributed by atoms with Crippen molar-refractivity contribution >= 4 is 0 Å². The minimum absolute atomic E-state index is 0.0718. The molecule has 0 aliphatic carbocycles. The number of ether oxygens (including phenoxy) is 1. The van der Waals surface area contributed by atoms with Gasteiger partial charge in [0.05, 0.1) is 6.61 Å². The van der Waals surface area contributed by atoms with Gasteiger partial charge in [-0.3, -0.25) is 0 Å². The monoisotopic (exact) mass is 273 g/mol. The molecule has 3 N–H and O–H groups in total. The maximum absolute atomic E-state index is 9.62. The Balaban J connectivity index is 1.62. The third-order valence-electron chi connectivity index (χ3n) is 2.89. The number of nitrogens with one attached hydrogen (secondary N) is 1. The van der Waals surface area contributed by atoms with Gasteiger partial charge in [0.25, 0.3) is 0 Å². The number of para-hydroxylation sites is 1. The van der Waals surface area contributed by atoms with Gasteiger partial charge in [0.2, 0.25) is 0 Å². The number of benzene rings is 2. The third kappa shape index (κ3) is 4.48. The largest absolute Gasteiger partial charge is 0.508 e. The van der Waals surface area contributed by atoms with Crippen LogP contribution in [-0.4, -0.2) is 23.4 Å². The lowest BCUT2D eigenvalue weighted by atomic mass is 10.2. The van der Waals surface area contributed by atoms with Crippen LogP contribution in [0.3, 0.4) is 0 Å². The summed E-state index contributed by atoms with van der Waals surface area (Å²) >= 11 is 0. The minimum atomic E-state index is 0.0718. The maximum Gasteiger partial charge on any atom is 0.123 e. The van der Waals surface area contributed by atoms with E-state index < -0.39 is 0 Å². The number of hydrogen-bond acceptors (Lipinski definition) is 4. The van der Waals surface area contributed by atoms with Gasteiger partial charge in [-0.05, 0) is 31.2 Å². The lowest BCUT2D eigenvalue weighted by molar-refractivity contribution is 0.308. The standard InChI is InChI=1S/C16H19NO3/c18-14-8-7-13(16(19)11-14)12-17-9-4-10-20-15-5-2-1-3-6-15/h1-3,5-8,11,17-19H,4,9-10,12H2. The SMILES string of the molecule is Oc1ccc(CNCCCOc2ccccc2)c(O)c1. The Bertz CT molecular complexity index is 529. The van der Waals surface area contributed by atoms with Gasteiger partial charge in [-0.1, -0.05) is 24.3 Å². The zero-order valence-electron chi connectivity index (χ0n) is 11.2. The summed E-state index contributed by atoms with van der Waals surface area (Å²) in [5.74, 6) is 1.06. The van der Waals surface area contributed by atoms with E-state index in [-0.39, 0.29) is 11.5 Å². The van der Waals surface area contributed by atoms with E-state index in [1.165, 1.54) is 6.07 Å². The Morgan fingerprint density at radius 1 is 1.00 bits per heavy atom. The molecule has 0 amide bonds. The minimum Gasteiger partial charge on any atom is -0.508 e. The predicted octanol–water partition coefficient (Wildman–Crippen LogP) is 2.66. The number of aromatic hydroxyl groups is 2. The number of phenolic OH excluding ortho intramolecular Hbond substituents is 2. The van der Waals surface area contributed by atoms with E-state index in [2.05, 4.69) is 5.32 Å². The lowest BCUT2D eigenvalue weighted by Gasteiger charge is -2.08. The van der Waals surface area contributed by atoms with Crippen LogP contribution < -0.4 is 10.1 Å². The Hall–Kier alpha value is -2.20. The van der Waals surface area contributed by atoms with Crippen molar-refractivity contribution < 1.29 is 14.9 Å². The third-order valence-corrected chi connectivity index (χ3v) is 2.89. The highest BCUT2D eigenvalue weighted by atomic mass is 16.5. The molecule has 0 bridgehead atoms. The van der Waals surface area contributed by atoms with Crippen LogP contribution in [0.15, 0.2) is 48.5 Å². The summed E-state index contributed by atoms with van der Waals surface area (Å²) in [6, 6.07) is 14.3. The molecule has 0 unspecified atom stereocenters. The van der Waals surface area contributed by atoms with Gasteiger partial charge in [0, 0.05) is 18.2 Å². The van der Waals surface area contributed by atoms with Crippen LogP contribution in [0, 0.1) is 0 Å². The Morgan fingerprint density at radius 2 is 1.80 bits per heavy atom. The highest BCUT2D eigenvalue weighted by Crippen LogP contribution is 2.22. The number of rotatable bonds is 7. The normalized spacial score (nSPS) is 10.4. The van der Waals surface area contributed by atoms with E-state index in [1.54, 1.807) is 12.1 Å². The first kappa shape index (κ1) is 14.2. The lowest BCUT2D eigenvalue weighted by Crippen LogP contribution is -2.17. The first-order chi connectivity index (χ1) is 9.75. The topological polar surface area (TPSA) is 61.7 Å². The van der Waals surface area contributed by atoms with E-state index in [0.717, 1.165) is 24.3 Å². The van der Waals surface area contributed by atoms with Crippen molar-refractivity contribution in [1.82, 2.24) is 5.32 Å². The van der Waals surface area contributed by atoms with Crippen LogP contribution in [0.5, 0.6) is 17.2 Å². The second-order valence-corrected chi connectivity index (χ2v) is 4.50. The molecule has 0 aliphatic rings. The molecule has 0 saturated carbocycles. The molecule has 20 heavy (non-hydrogen) atoms. The quantitative estimate of drug-likeness (QED) is 0.679. The summed E-state index contributed by atoms with van der Waals surface area (Å²) in [6.45, 7) is 2.02. The molecule has 0 fully saturated rings.